The Morgan fingerprint density at radius 1 is 1.56 bits per heavy atom. The number of alkyl halides is 3. The molecule has 0 fully saturated rings. The normalized spacial score (nSPS) is 11.2. The van der Waals surface area contributed by atoms with Gasteiger partial charge >= 0.3 is 17.9 Å². The first kappa shape index (κ1) is 14.0. The fraction of sp³-hybridized carbons (Fsp3) is 0.375. The fourth-order valence-corrected chi connectivity index (χ4v) is 1.22. The van der Waals surface area contributed by atoms with Crippen molar-refractivity contribution < 1.29 is 27.6 Å². The van der Waals surface area contributed by atoms with Crippen molar-refractivity contribution in [1.29, 1.82) is 0 Å². The molecule has 0 atom stereocenters. The molecule has 1 rings (SSSR count). The first-order chi connectivity index (χ1) is 8.30. The maximum absolute atomic E-state index is 12.1. The second-order valence-corrected chi connectivity index (χ2v) is 2.98. The van der Waals surface area contributed by atoms with Crippen LogP contribution in [0.2, 0.25) is 0 Å². The summed E-state index contributed by atoms with van der Waals surface area (Å²) in [6, 6.07) is 0. The van der Waals surface area contributed by atoms with E-state index in [0.29, 0.717) is 0 Å². The molecule has 0 aliphatic carbocycles. The zero-order valence-electron chi connectivity index (χ0n) is 9.02. The van der Waals surface area contributed by atoms with Gasteiger partial charge in [-0.3, -0.25) is 10.1 Å². The van der Waals surface area contributed by atoms with Crippen molar-refractivity contribution in [3.05, 3.63) is 21.9 Å². The Morgan fingerprint density at radius 3 is 2.56 bits per heavy atom. The van der Waals surface area contributed by atoms with Gasteiger partial charge in [0.05, 0.1) is 12.0 Å². The Hall–Kier alpha value is -2.10. The highest BCUT2D eigenvalue weighted by atomic mass is 19.4. The molecule has 0 saturated heterocycles. The zero-order chi connectivity index (χ0) is 13.9. The van der Waals surface area contributed by atoms with Crippen LogP contribution in [-0.4, -0.2) is 23.4 Å². The number of nitrogens with two attached hydrogens (primary N) is 1. The molecular formula is C8H8F3N3O4. The molecule has 7 nitrogen and oxygen atoms in total. The highest BCUT2D eigenvalue weighted by Gasteiger charge is 2.37. The van der Waals surface area contributed by atoms with Crippen LogP contribution in [0.4, 0.5) is 18.9 Å². The lowest BCUT2D eigenvalue weighted by Gasteiger charge is -2.11. The molecule has 1 heterocycles. The molecule has 0 aliphatic rings. The number of nitrogens with zero attached hydrogens (tertiary/aromatic N) is 2. The van der Waals surface area contributed by atoms with Crippen LogP contribution in [-0.2, 0) is 6.54 Å². The molecule has 1 aromatic rings. The van der Waals surface area contributed by atoms with Crippen LogP contribution in [0, 0.1) is 10.1 Å². The van der Waals surface area contributed by atoms with Gasteiger partial charge in [0, 0.05) is 18.3 Å². The van der Waals surface area contributed by atoms with E-state index in [1.807, 2.05) is 0 Å². The summed E-state index contributed by atoms with van der Waals surface area (Å²) in [5.74, 6) is -1.60. The number of ether oxygens (including phenoxy) is 2. The smallest absolute Gasteiger partial charge is 0.490 e. The van der Waals surface area contributed by atoms with E-state index >= 15 is 0 Å². The number of hydrogen-bond donors (Lipinski definition) is 1. The summed E-state index contributed by atoms with van der Waals surface area (Å²) in [5.41, 5.74) is 4.35. The number of methoxy groups -OCH3 is 1. The average molecular weight is 267 g/mol. The van der Waals surface area contributed by atoms with Crippen LogP contribution in [0.1, 0.15) is 5.56 Å². The van der Waals surface area contributed by atoms with Gasteiger partial charge in [-0.25, -0.2) is 4.98 Å². The molecule has 0 radical (unpaired) electrons. The molecule has 10 heteroatoms. The quantitative estimate of drug-likeness (QED) is 0.652. The third kappa shape index (κ3) is 2.97. The maximum Gasteiger partial charge on any atom is 0.574 e. The summed E-state index contributed by atoms with van der Waals surface area (Å²) in [6.45, 7) is -0.177. The molecule has 1 aromatic heterocycles. The molecule has 0 amide bonds. The summed E-state index contributed by atoms with van der Waals surface area (Å²) in [5, 5.41) is 10.8. The van der Waals surface area contributed by atoms with E-state index in [1.54, 1.807) is 0 Å². The van der Waals surface area contributed by atoms with E-state index in [0.717, 1.165) is 13.3 Å². The molecule has 0 unspecified atom stereocenters. The largest absolute Gasteiger partial charge is 0.574 e. The molecule has 100 valence electrons. The van der Waals surface area contributed by atoms with Crippen molar-refractivity contribution in [2.24, 2.45) is 5.73 Å². The predicted molar refractivity (Wildman–Crippen MR) is 52.0 cm³/mol. The summed E-state index contributed by atoms with van der Waals surface area (Å²) in [4.78, 5) is 12.9. The molecule has 0 aliphatic heterocycles. The van der Waals surface area contributed by atoms with Gasteiger partial charge < -0.3 is 15.2 Å². The van der Waals surface area contributed by atoms with Crippen molar-refractivity contribution in [1.82, 2.24) is 4.98 Å². The Kier molecular flexibility index (Phi) is 3.91. The molecular weight excluding hydrogens is 259 g/mol. The zero-order valence-corrected chi connectivity index (χ0v) is 9.02. The number of halogens is 3. The van der Waals surface area contributed by atoms with Gasteiger partial charge in [0.1, 0.15) is 0 Å². The van der Waals surface area contributed by atoms with Gasteiger partial charge in [0.2, 0.25) is 5.75 Å². The van der Waals surface area contributed by atoms with E-state index in [1.165, 1.54) is 0 Å². The lowest BCUT2D eigenvalue weighted by molar-refractivity contribution is -0.390. The number of nitro groups is 1. The average Bonchev–Trinajstić information content (AvgIpc) is 2.25. The van der Waals surface area contributed by atoms with Crippen LogP contribution in [0.5, 0.6) is 11.6 Å². The lowest BCUT2D eigenvalue weighted by Crippen LogP contribution is -2.19. The predicted octanol–water partition coefficient (Wildman–Crippen LogP) is 1.36. The summed E-state index contributed by atoms with van der Waals surface area (Å²) >= 11 is 0. The van der Waals surface area contributed by atoms with Crippen LogP contribution in [0.15, 0.2) is 6.20 Å². The highest BCUT2D eigenvalue weighted by molar-refractivity contribution is 5.57. The van der Waals surface area contributed by atoms with Crippen LogP contribution < -0.4 is 15.2 Å². The molecule has 0 aromatic carbocycles. The van der Waals surface area contributed by atoms with E-state index in [9.17, 15) is 23.3 Å². The monoisotopic (exact) mass is 267 g/mol. The third-order valence-corrected chi connectivity index (χ3v) is 1.87. The number of rotatable bonds is 4. The molecule has 2 N–H and O–H groups in total. The van der Waals surface area contributed by atoms with Crippen molar-refractivity contribution in [2.45, 2.75) is 12.9 Å². The van der Waals surface area contributed by atoms with Crippen molar-refractivity contribution in [3.63, 3.8) is 0 Å². The van der Waals surface area contributed by atoms with Gasteiger partial charge in [-0.15, -0.1) is 13.2 Å². The Balaban J connectivity index is 3.39. The lowest BCUT2D eigenvalue weighted by atomic mass is 10.2. The second-order valence-electron chi connectivity index (χ2n) is 2.98. The van der Waals surface area contributed by atoms with Gasteiger partial charge in [0.15, 0.2) is 0 Å². The number of aromatic nitrogens is 1. The van der Waals surface area contributed by atoms with Crippen LogP contribution >= 0.6 is 0 Å². The SMILES string of the molecule is COc1c(CN)cnc(OC(F)(F)F)c1[N+](=O)[O-]. The fourth-order valence-electron chi connectivity index (χ4n) is 1.22. The van der Waals surface area contributed by atoms with Crippen LogP contribution in [0.3, 0.4) is 0 Å². The Labute approximate surface area is 98.5 Å². The van der Waals surface area contributed by atoms with Crippen molar-refractivity contribution in [2.75, 3.05) is 7.11 Å². The molecule has 0 saturated carbocycles. The van der Waals surface area contributed by atoms with E-state index in [4.69, 9.17) is 5.73 Å². The minimum Gasteiger partial charge on any atom is -0.490 e. The van der Waals surface area contributed by atoms with Gasteiger partial charge in [-0.2, -0.15) is 0 Å². The van der Waals surface area contributed by atoms with Crippen LogP contribution in [0.25, 0.3) is 0 Å². The summed E-state index contributed by atoms with van der Waals surface area (Å²) in [7, 11) is 1.07. The molecule has 18 heavy (non-hydrogen) atoms. The second kappa shape index (κ2) is 5.04. The van der Waals surface area contributed by atoms with E-state index < -0.39 is 28.6 Å². The minimum absolute atomic E-state index is 0.0960. The highest BCUT2D eigenvalue weighted by Crippen LogP contribution is 2.39. The van der Waals surface area contributed by atoms with Gasteiger partial charge in [-0.05, 0) is 0 Å². The Morgan fingerprint density at radius 2 is 2.17 bits per heavy atom. The summed E-state index contributed by atoms with van der Waals surface area (Å²) in [6.07, 6.45) is -4.17. The van der Waals surface area contributed by atoms with E-state index in [2.05, 4.69) is 14.5 Å². The maximum atomic E-state index is 12.1. The first-order valence-electron chi connectivity index (χ1n) is 4.46. The van der Waals surface area contributed by atoms with Crippen molar-refractivity contribution >= 4 is 5.69 Å². The summed E-state index contributed by atoms with van der Waals surface area (Å²) < 4.78 is 44.3. The van der Waals surface area contributed by atoms with E-state index in [-0.39, 0.29) is 12.1 Å². The van der Waals surface area contributed by atoms with Gasteiger partial charge in [-0.1, -0.05) is 0 Å². The minimum atomic E-state index is -5.09. The molecule has 0 bridgehead atoms. The standard InChI is InChI=1S/C8H8F3N3O4/c1-17-6-4(2-12)3-13-7(5(6)14(15)16)18-8(9,10)11/h3H,2,12H2,1H3. The molecule has 0 spiro atoms. The van der Waals surface area contributed by atoms with Gasteiger partial charge in [0.25, 0.3) is 0 Å². The first-order valence-corrected chi connectivity index (χ1v) is 4.46. The number of pyridine rings is 1. The third-order valence-electron chi connectivity index (χ3n) is 1.87. The number of hydrogen-bond acceptors (Lipinski definition) is 6. The Bertz CT molecular complexity index is 464. The topological polar surface area (TPSA) is 101 Å². The van der Waals surface area contributed by atoms with Crippen molar-refractivity contribution in [3.8, 4) is 11.6 Å².